The minimum Gasteiger partial charge on any atom is -0.413 e. The number of aliphatic hydroxyl groups is 1. The van der Waals surface area contributed by atoms with Gasteiger partial charge in [0.1, 0.15) is 6.29 Å². The van der Waals surface area contributed by atoms with E-state index < -0.39 is 13.7 Å². The summed E-state index contributed by atoms with van der Waals surface area (Å²) in [6.45, 7) is 20.0. The lowest BCUT2D eigenvalue weighted by Gasteiger charge is -2.48. The zero-order chi connectivity index (χ0) is 23.2. The van der Waals surface area contributed by atoms with Gasteiger partial charge in [0.15, 0.2) is 8.32 Å². The van der Waals surface area contributed by atoms with E-state index in [1.807, 2.05) is 30.3 Å². The second-order valence-corrected chi connectivity index (χ2v) is 15.7. The van der Waals surface area contributed by atoms with Crippen LogP contribution in [0, 0.1) is 17.3 Å². The zero-order valence-corrected chi connectivity index (χ0v) is 21.6. The highest BCUT2D eigenvalue weighted by Gasteiger charge is 2.46. The molecule has 0 bridgehead atoms. The minimum atomic E-state index is -2.08. The quantitative estimate of drug-likeness (QED) is 0.330. The van der Waals surface area contributed by atoms with Crippen LogP contribution >= 0.6 is 0 Å². The van der Waals surface area contributed by atoms with Gasteiger partial charge < -0.3 is 19.1 Å². The van der Waals surface area contributed by atoms with Gasteiger partial charge in [0.2, 0.25) is 0 Å². The smallest absolute Gasteiger partial charge is 0.192 e. The van der Waals surface area contributed by atoms with Gasteiger partial charge in [-0.3, -0.25) is 0 Å². The SMILES string of the molecule is C[C@H]([C@@H](OCc1ccccc1)[C@@H](C)CC=O)[C@@H](O[Si](C)(C)C(C)(C)C)C(C)(C)CO. The summed E-state index contributed by atoms with van der Waals surface area (Å²) in [6.07, 6.45) is 1.07. The molecule has 0 aliphatic heterocycles. The van der Waals surface area contributed by atoms with Crippen molar-refractivity contribution in [3.63, 3.8) is 0 Å². The molecule has 5 heteroatoms. The molecule has 0 saturated carbocycles. The van der Waals surface area contributed by atoms with Crippen molar-refractivity contribution in [1.82, 2.24) is 0 Å². The maximum Gasteiger partial charge on any atom is 0.192 e. The lowest BCUT2D eigenvalue weighted by molar-refractivity contribution is -0.116. The molecule has 0 radical (unpaired) electrons. The van der Waals surface area contributed by atoms with Crippen LogP contribution in [0.1, 0.15) is 60.5 Å². The third-order valence-electron chi connectivity index (χ3n) is 6.72. The molecular weight excluding hydrogens is 392 g/mol. The molecule has 4 nitrogen and oxygen atoms in total. The Bertz CT molecular complexity index is 636. The van der Waals surface area contributed by atoms with Crippen LogP contribution in [-0.2, 0) is 20.6 Å². The average Bonchev–Trinajstić information content (AvgIpc) is 2.66. The van der Waals surface area contributed by atoms with Crippen molar-refractivity contribution in [3.8, 4) is 0 Å². The van der Waals surface area contributed by atoms with E-state index in [2.05, 4.69) is 61.6 Å². The van der Waals surface area contributed by atoms with E-state index >= 15 is 0 Å². The highest BCUT2D eigenvalue weighted by molar-refractivity contribution is 6.74. The Labute approximate surface area is 185 Å². The first-order chi connectivity index (χ1) is 13.8. The summed E-state index contributed by atoms with van der Waals surface area (Å²) in [7, 11) is -2.08. The number of benzene rings is 1. The van der Waals surface area contributed by atoms with Crippen molar-refractivity contribution >= 4 is 14.6 Å². The van der Waals surface area contributed by atoms with Crippen molar-refractivity contribution < 1.29 is 19.1 Å². The molecule has 0 aromatic heterocycles. The molecule has 4 atom stereocenters. The predicted molar refractivity (Wildman–Crippen MR) is 127 cm³/mol. The van der Waals surface area contributed by atoms with Crippen molar-refractivity contribution in [1.29, 1.82) is 0 Å². The Hall–Kier alpha value is -1.01. The molecule has 0 aliphatic carbocycles. The van der Waals surface area contributed by atoms with Crippen LogP contribution < -0.4 is 0 Å². The Balaban J connectivity index is 3.22. The molecule has 0 unspecified atom stereocenters. The predicted octanol–water partition coefficient (Wildman–Crippen LogP) is 5.84. The van der Waals surface area contributed by atoms with E-state index in [1.54, 1.807) is 0 Å². The second kappa shape index (κ2) is 11.0. The van der Waals surface area contributed by atoms with Gasteiger partial charge in [0.05, 0.1) is 25.4 Å². The van der Waals surface area contributed by atoms with Crippen molar-refractivity contribution in [2.24, 2.45) is 17.3 Å². The van der Waals surface area contributed by atoms with Crippen molar-refractivity contribution in [3.05, 3.63) is 35.9 Å². The summed E-state index contributed by atoms with van der Waals surface area (Å²) in [5.41, 5.74) is 0.681. The van der Waals surface area contributed by atoms with Gasteiger partial charge >= 0.3 is 0 Å². The topological polar surface area (TPSA) is 55.8 Å². The molecular formula is C25H44O4Si. The van der Waals surface area contributed by atoms with Crippen molar-refractivity contribution in [2.75, 3.05) is 6.61 Å². The van der Waals surface area contributed by atoms with Crippen LogP contribution in [0.4, 0.5) is 0 Å². The van der Waals surface area contributed by atoms with Crippen LogP contribution in [0.25, 0.3) is 0 Å². The fourth-order valence-electron chi connectivity index (χ4n) is 3.62. The van der Waals surface area contributed by atoms with Crippen LogP contribution in [0.3, 0.4) is 0 Å². The molecule has 0 heterocycles. The lowest BCUT2D eigenvalue weighted by atomic mass is 9.76. The summed E-state index contributed by atoms with van der Waals surface area (Å²) in [5.74, 6) is 0.0705. The Kier molecular flexibility index (Phi) is 9.94. The van der Waals surface area contributed by atoms with Gasteiger partial charge in [0, 0.05) is 17.8 Å². The van der Waals surface area contributed by atoms with Crippen LogP contribution in [0.15, 0.2) is 30.3 Å². The largest absolute Gasteiger partial charge is 0.413 e. The monoisotopic (exact) mass is 436 g/mol. The summed E-state index contributed by atoms with van der Waals surface area (Å²) < 4.78 is 13.3. The molecule has 0 saturated heterocycles. The number of aldehydes is 1. The summed E-state index contributed by atoms with van der Waals surface area (Å²) in [5, 5.41) is 10.2. The molecule has 1 rings (SSSR count). The van der Waals surface area contributed by atoms with E-state index in [0.717, 1.165) is 11.8 Å². The number of aliphatic hydroxyl groups excluding tert-OH is 1. The summed E-state index contributed by atoms with van der Waals surface area (Å²) in [4.78, 5) is 11.3. The first-order valence-corrected chi connectivity index (χ1v) is 14.1. The summed E-state index contributed by atoms with van der Waals surface area (Å²) in [6, 6.07) is 10.1. The van der Waals surface area contributed by atoms with E-state index in [4.69, 9.17) is 9.16 Å². The number of hydrogen-bond donors (Lipinski definition) is 1. The molecule has 0 aliphatic rings. The Morgan fingerprint density at radius 1 is 1.07 bits per heavy atom. The van der Waals surface area contributed by atoms with Crippen molar-refractivity contribution in [2.45, 2.75) is 91.8 Å². The van der Waals surface area contributed by atoms with Crippen LogP contribution in [0.2, 0.25) is 18.1 Å². The van der Waals surface area contributed by atoms with Gasteiger partial charge in [-0.2, -0.15) is 0 Å². The third-order valence-corrected chi connectivity index (χ3v) is 11.2. The molecule has 0 amide bonds. The average molecular weight is 437 g/mol. The van der Waals surface area contributed by atoms with Crippen LogP contribution in [-0.4, -0.2) is 38.5 Å². The molecule has 0 spiro atoms. The first kappa shape index (κ1) is 27.0. The first-order valence-electron chi connectivity index (χ1n) is 11.1. The van der Waals surface area contributed by atoms with Gasteiger partial charge in [0.25, 0.3) is 0 Å². The van der Waals surface area contributed by atoms with Crippen LogP contribution in [0.5, 0.6) is 0 Å². The van der Waals surface area contributed by atoms with Gasteiger partial charge in [-0.25, -0.2) is 0 Å². The maximum absolute atomic E-state index is 11.3. The fraction of sp³-hybridized carbons (Fsp3) is 0.720. The van der Waals surface area contributed by atoms with E-state index in [0.29, 0.717) is 13.0 Å². The molecule has 30 heavy (non-hydrogen) atoms. The molecule has 1 aromatic carbocycles. The highest BCUT2D eigenvalue weighted by atomic mass is 28.4. The van der Waals surface area contributed by atoms with Gasteiger partial charge in [-0.1, -0.05) is 78.8 Å². The Morgan fingerprint density at radius 2 is 1.63 bits per heavy atom. The number of rotatable bonds is 12. The molecule has 1 aromatic rings. The lowest BCUT2D eigenvalue weighted by Crippen LogP contribution is -2.54. The molecule has 0 fully saturated rings. The number of ether oxygens (including phenoxy) is 1. The van der Waals surface area contributed by atoms with Gasteiger partial charge in [-0.05, 0) is 29.6 Å². The van der Waals surface area contributed by atoms with E-state index in [-0.39, 0.29) is 35.7 Å². The number of carbonyl (C=O) groups is 1. The standard InChI is InChI=1S/C25H44O4Si/c1-19(15-16-26)22(28-17-21-13-11-10-12-14-21)20(2)23(25(6,7)18-27)29-30(8,9)24(3,4)5/h10-14,16,19-20,22-23,27H,15,17-18H2,1-9H3/t19-,20+,22-,23+/m0/s1. The highest BCUT2D eigenvalue weighted by Crippen LogP contribution is 2.43. The normalized spacial score (nSPS) is 17.3. The zero-order valence-electron chi connectivity index (χ0n) is 20.6. The van der Waals surface area contributed by atoms with E-state index in [1.165, 1.54) is 0 Å². The Morgan fingerprint density at radius 3 is 2.10 bits per heavy atom. The van der Waals surface area contributed by atoms with Gasteiger partial charge in [-0.15, -0.1) is 0 Å². The molecule has 172 valence electrons. The molecule has 1 N–H and O–H groups in total. The van der Waals surface area contributed by atoms with E-state index in [9.17, 15) is 9.90 Å². The maximum atomic E-state index is 11.3. The fourth-order valence-corrected chi connectivity index (χ4v) is 5.14. The number of carbonyl (C=O) groups excluding carboxylic acids is 1. The third kappa shape index (κ3) is 7.29. The number of hydrogen-bond acceptors (Lipinski definition) is 4. The second-order valence-electron chi connectivity index (χ2n) is 10.9. The summed E-state index contributed by atoms with van der Waals surface area (Å²) >= 11 is 0. The minimum absolute atomic E-state index is 0.0138.